The van der Waals surface area contributed by atoms with Crippen LogP contribution in [-0.4, -0.2) is 29.3 Å². The average molecular weight is 280 g/mol. The number of hydrogen-bond donors (Lipinski definition) is 3. The molecule has 0 saturated heterocycles. The standard InChI is InChI=1S/C10H10FNO5.ClH/c1-17-10(16)7(12)5-2-4(11)3-6(8(5)13)9(14)15;/h2-3,7,13H,12H2,1H3,(H,14,15);1H/t7-;/m1./s1. The van der Waals surface area contributed by atoms with Gasteiger partial charge in [0, 0.05) is 5.56 Å². The first-order valence-corrected chi connectivity index (χ1v) is 4.47. The van der Waals surface area contributed by atoms with E-state index < -0.39 is 35.1 Å². The molecule has 0 aliphatic heterocycles. The van der Waals surface area contributed by atoms with Crippen LogP contribution in [-0.2, 0) is 9.53 Å². The third-order valence-corrected chi connectivity index (χ3v) is 2.12. The largest absolute Gasteiger partial charge is 0.507 e. The minimum absolute atomic E-state index is 0. The van der Waals surface area contributed by atoms with Gasteiger partial charge < -0.3 is 20.7 Å². The maximum atomic E-state index is 13.1. The molecule has 6 nitrogen and oxygen atoms in total. The van der Waals surface area contributed by atoms with Gasteiger partial charge in [-0.1, -0.05) is 0 Å². The summed E-state index contributed by atoms with van der Waals surface area (Å²) in [7, 11) is 1.07. The molecule has 4 N–H and O–H groups in total. The molecule has 18 heavy (non-hydrogen) atoms. The minimum Gasteiger partial charge on any atom is -0.507 e. The summed E-state index contributed by atoms with van der Waals surface area (Å²) in [4.78, 5) is 21.8. The zero-order valence-corrected chi connectivity index (χ0v) is 10.0. The lowest BCUT2D eigenvalue weighted by atomic mass is 10.0. The molecule has 8 heteroatoms. The van der Waals surface area contributed by atoms with Crippen LogP contribution in [0.15, 0.2) is 12.1 Å². The van der Waals surface area contributed by atoms with E-state index in [0.717, 1.165) is 13.2 Å². The quantitative estimate of drug-likeness (QED) is 0.707. The first-order chi connectivity index (χ1) is 7.88. The smallest absolute Gasteiger partial charge is 0.339 e. The Morgan fingerprint density at radius 1 is 1.44 bits per heavy atom. The number of phenols is 1. The summed E-state index contributed by atoms with van der Waals surface area (Å²) in [5.74, 6) is -4.12. The van der Waals surface area contributed by atoms with E-state index in [1.165, 1.54) is 0 Å². The second-order valence-corrected chi connectivity index (χ2v) is 3.20. The van der Waals surface area contributed by atoms with Crippen LogP contribution < -0.4 is 5.73 Å². The van der Waals surface area contributed by atoms with E-state index in [9.17, 15) is 19.1 Å². The molecule has 1 aromatic rings. The Morgan fingerprint density at radius 2 is 2.00 bits per heavy atom. The van der Waals surface area contributed by atoms with Gasteiger partial charge in [-0.25, -0.2) is 9.18 Å². The van der Waals surface area contributed by atoms with E-state index in [0.29, 0.717) is 6.07 Å². The lowest BCUT2D eigenvalue weighted by Gasteiger charge is -2.13. The van der Waals surface area contributed by atoms with Gasteiger partial charge in [0.15, 0.2) is 0 Å². The van der Waals surface area contributed by atoms with E-state index in [-0.39, 0.29) is 18.0 Å². The minimum atomic E-state index is -1.53. The molecule has 0 aliphatic carbocycles. The zero-order valence-electron chi connectivity index (χ0n) is 9.21. The summed E-state index contributed by atoms with van der Waals surface area (Å²) in [6.45, 7) is 0. The molecule has 0 saturated carbocycles. The Morgan fingerprint density at radius 3 is 2.44 bits per heavy atom. The van der Waals surface area contributed by atoms with Crippen molar-refractivity contribution < 1.29 is 28.9 Å². The Balaban J connectivity index is 0.00000289. The fraction of sp³-hybridized carbons (Fsp3) is 0.200. The van der Waals surface area contributed by atoms with Crippen molar-refractivity contribution in [2.24, 2.45) is 5.73 Å². The number of aromatic hydroxyl groups is 1. The highest BCUT2D eigenvalue weighted by molar-refractivity contribution is 5.92. The van der Waals surface area contributed by atoms with Crippen molar-refractivity contribution in [1.82, 2.24) is 0 Å². The van der Waals surface area contributed by atoms with Crippen LogP contribution in [0.4, 0.5) is 4.39 Å². The van der Waals surface area contributed by atoms with Gasteiger partial charge >= 0.3 is 11.9 Å². The number of carbonyl (C=O) groups excluding carboxylic acids is 1. The Kier molecular flexibility index (Phi) is 5.54. The number of carboxylic acid groups (broad SMARTS) is 1. The van der Waals surface area contributed by atoms with Crippen molar-refractivity contribution in [2.45, 2.75) is 6.04 Å². The number of aromatic carboxylic acids is 1. The summed E-state index contributed by atoms with van der Waals surface area (Å²) in [6, 6.07) is -0.0389. The number of carboxylic acids is 1. The van der Waals surface area contributed by atoms with Gasteiger partial charge in [-0.05, 0) is 12.1 Å². The monoisotopic (exact) mass is 279 g/mol. The molecule has 0 amide bonds. The average Bonchev–Trinajstić information content (AvgIpc) is 2.29. The van der Waals surface area contributed by atoms with E-state index in [1.54, 1.807) is 0 Å². The van der Waals surface area contributed by atoms with Gasteiger partial charge in [0.2, 0.25) is 0 Å². The van der Waals surface area contributed by atoms with Crippen molar-refractivity contribution >= 4 is 24.3 Å². The lowest BCUT2D eigenvalue weighted by molar-refractivity contribution is -0.142. The van der Waals surface area contributed by atoms with Crippen molar-refractivity contribution in [2.75, 3.05) is 7.11 Å². The number of hydrogen-bond acceptors (Lipinski definition) is 5. The summed E-state index contributed by atoms with van der Waals surface area (Å²) in [5, 5.41) is 18.3. The second-order valence-electron chi connectivity index (χ2n) is 3.20. The fourth-order valence-corrected chi connectivity index (χ4v) is 1.27. The highest BCUT2D eigenvalue weighted by atomic mass is 35.5. The van der Waals surface area contributed by atoms with Crippen LogP contribution in [0.3, 0.4) is 0 Å². The molecule has 0 radical (unpaired) electrons. The van der Waals surface area contributed by atoms with Crippen molar-refractivity contribution in [1.29, 1.82) is 0 Å². The van der Waals surface area contributed by atoms with Crippen LogP contribution in [0.2, 0.25) is 0 Å². The van der Waals surface area contributed by atoms with E-state index in [4.69, 9.17) is 10.8 Å². The molecule has 1 rings (SSSR count). The van der Waals surface area contributed by atoms with Crippen LogP contribution >= 0.6 is 12.4 Å². The predicted octanol–water partition coefficient (Wildman–Crippen LogP) is 0.824. The number of rotatable bonds is 3. The van der Waals surface area contributed by atoms with Crippen molar-refractivity contribution in [3.05, 3.63) is 29.1 Å². The maximum absolute atomic E-state index is 13.1. The SMILES string of the molecule is COC(=O)[C@H](N)c1cc(F)cc(C(=O)O)c1O.Cl. The van der Waals surface area contributed by atoms with E-state index in [1.807, 2.05) is 0 Å². The first kappa shape index (κ1) is 16.1. The summed E-state index contributed by atoms with van der Waals surface area (Å²) >= 11 is 0. The number of benzene rings is 1. The van der Waals surface area contributed by atoms with Gasteiger partial charge in [-0.3, -0.25) is 4.79 Å². The number of halogens is 2. The highest BCUT2D eigenvalue weighted by Crippen LogP contribution is 2.28. The number of nitrogens with two attached hydrogens (primary N) is 1. The van der Waals surface area contributed by atoms with Gasteiger partial charge in [-0.15, -0.1) is 12.4 Å². The molecule has 0 heterocycles. The lowest BCUT2D eigenvalue weighted by Crippen LogP contribution is -2.23. The molecule has 0 bridgehead atoms. The van der Waals surface area contributed by atoms with Crippen LogP contribution in [0.1, 0.15) is 22.0 Å². The van der Waals surface area contributed by atoms with Crippen LogP contribution in [0.25, 0.3) is 0 Å². The summed E-state index contributed by atoms with van der Waals surface area (Å²) < 4.78 is 17.4. The number of carbonyl (C=O) groups is 2. The van der Waals surface area contributed by atoms with Crippen LogP contribution in [0, 0.1) is 5.82 Å². The third-order valence-electron chi connectivity index (χ3n) is 2.12. The molecular formula is C10H11ClFNO5. The Bertz CT molecular complexity index is 480. The summed E-state index contributed by atoms with van der Waals surface area (Å²) in [5.41, 5.74) is 4.39. The molecule has 0 spiro atoms. The number of esters is 1. The van der Waals surface area contributed by atoms with E-state index in [2.05, 4.69) is 4.74 Å². The van der Waals surface area contributed by atoms with Gasteiger partial charge in [-0.2, -0.15) is 0 Å². The fourth-order valence-electron chi connectivity index (χ4n) is 1.27. The van der Waals surface area contributed by atoms with Crippen molar-refractivity contribution in [3.8, 4) is 5.75 Å². The predicted molar refractivity (Wildman–Crippen MR) is 61.2 cm³/mol. The molecular weight excluding hydrogens is 269 g/mol. The van der Waals surface area contributed by atoms with Gasteiger partial charge in [0.1, 0.15) is 23.2 Å². The van der Waals surface area contributed by atoms with Crippen LogP contribution in [0.5, 0.6) is 5.75 Å². The zero-order chi connectivity index (χ0) is 13.2. The van der Waals surface area contributed by atoms with Gasteiger partial charge in [0.05, 0.1) is 7.11 Å². The molecule has 100 valence electrons. The molecule has 1 aromatic carbocycles. The summed E-state index contributed by atoms with van der Waals surface area (Å²) in [6.07, 6.45) is 0. The molecule has 0 fully saturated rings. The highest BCUT2D eigenvalue weighted by Gasteiger charge is 2.24. The van der Waals surface area contributed by atoms with Crippen molar-refractivity contribution in [3.63, 3.8) is 0 Å². The Hall–Kier alpha value is -1.86. The maximum Gasteiger partial charge on any atom is 0.339 e. The molecule has 0 aliphatic rings. The number of methoxy groups -OCH3 is 1. The number of ether oxygens (including phenoxy) is 1. The molecule has 0 aromatic heterocycles. The topological polar surface area (TPSA) is 110 Å². The molecule has 1 atom stereocenters. The third kappa shape index (κ3) is 3.08. The Labute approximate surface area is 108 Å². The van der Waals surface area contributed by atoms with E-state index >= 15 is 0 Å². The second kappa shape index (κ2) is 6.18. The first-order valence-electron chi connectivity index (χ1n) is 4.47. The molecule has 0 unspecified atom stereocenters. The van der Waals surface area contributed by atoms with Gasteiger partial charge in [0.25, 0.3) is 0 Å². The normalized spacial score (nSPS) is 11.3.